The van der Waals surface area contributed by atoms with Crippen LogP contribution in [0.4, 0.5) is 0 Å². The average Bonchev–Trinajstić information content (AvgIpc) is 3.18. The lowest BCUT2D eigenvalue weighted by Gasteiger charge is -2.60. The van der Waals surface area contributed by atoms with Crippen molar-refractivity contribution in [3.8, 4) is 0 Å². The second-order valence-electron chi connectivity index (χ2n) is 9.28. The average molecular weight is 364 g/mol. The maximum absolute atomic E-state index is 13.3. The molecule has 3 N–H and O–H groups in total. The van der Waals surface area contributed by atoms with Crippen LogP contribution in [0.3, 0.4) is 0 Å². The van der Waals surface area contributed by atoms with E-state index in [9.17, 15) is 24.9 Å². The second kappa shape index (κ2) is 4.41. The van der Waals surface area contributed by atoms with E-state index in [-0.39, 0.29) is 11.7 Å². The van der Waals surface area contributed by atoms with E-state index in [2.05, 4.69) is 0 Å². The summed E-state index contributed by atoms with van der Waals surface area (Å²) in [7, 11) is 0. The highest BCUT2D eigenvalue weighted by Crippen LogP contribution is 2.69. The zero-order chi connectivity index (χ0) is 19.0. The normalized spacial score (nSPS) is 62.7. The quantitative estimate of drug-likeness (QED) is 0.394. The van der Waals surface area contributed by atoms with Gasteiger partial charge in [0.25, 0.3) is 0 Å². The van der Waals surface area contributed by atoms with Gasteiger partial charge in [0.2, 0.25) is 0 Å². The minimum Gasteiger partial charge on any atom is -0.459 e. The van der Waals surface area contributed by atoms with E-state index in [4.69, 9.17) is 9.47 Å². The summed E-state index contributed by atoms with van der Waals surface area (Å²) in [6.45, 7) is 7.05. The number of fused-ring (bicyclic) bond motifs is 8. The van der Waals surface area contributed by atoms with Gasteiger partial charge in [0.15, 0.2) is 5.78 Å². The van der Waals surface area contributed by atoms with Gasteiger partial charge in [-0.2, -0.15) is 0 Å². The molecule has 2 bridgehead atoms. The minimum atomic E-state index is -1.22. The van der Waals surface area contributed by atoms with E-state index >= 15 is 0 Å². The van der Waals surface area contributed by atoms with Crippen LogP contribution in [0, 0.1) is 28.6 Å². The third-order valence-corrected chi connectivity index (χ3v) is 8.19. The molecular weight excluding hydrogens is 340 g/mol. The minimum absolute atomic E-state index is 0.248. The summed E-state index contributed by atoms with van der Waals surface area (Å²) in [5.74, 6) is -2.46. The van der Waals surface area contributed by atoms with Crippen molar-refractivity contribution >= 4 is 11.8 Å². The van der Waals surface area contributed by atoms with Crippen LogP contribution in [0.25, 0.3) is 0 Å². The molecule has 142 valence electrons. The smallest absolute Gasteiger partial charge is 0.310 e. The standard InChI is InChI=1S/C19H24O7/c1-6-9-16(24)25-12(6)10(21)13-17(2)7(5-8(20)18(9,13)3)19(4)15(26-19)11(22)14(17)23/h5-6,9-15,21-23H,1-4H3/t6-,9-,10+,11-,12-,13-,14-,15-,17+,18+,19+/m1/s1. The lowest BCUT2D eigenvalue weighted by atomic mass is 9.41. The fraction of sp³-hybridized carbons (Fsp3) is 0.789. The Morgan fingerprint density at radius 3 is 2.35 bits per heavy atom. The molecule has 3 aliphatic carbocycles. The van der Waals surface area contributed by atoms with Gasteiger partial charge in [0.05, 0.1) is 23.5 Å². The number of hydrogen-bond acceptors (Lipinski definition) is 7. The highest BCUT2D eigenvalue weighted by molar-refractivity contribution is 6.01. The Bertz CT molecular complexity index is 776. The lowest BCUT2D eigenvalue weighted by molar-refractivity contribution is -0.190. The molecule has 7 heteroatoms. The second-order valence-corrected chi connectivity index (χ2v) is 9.28. The van der Waals surface area contributed by atoms with Gasteiger partial charge >= 0.3 is 5.97 Å². The topological polar surface area (TPSA) is 117 Å². The van der Waals surface area contributed by atoms with Gasteiger partial charge in [-0.3, -0.25) is 9.59 Å². The van der Waals surface area contributed by atoms with Crippen LogP contribution in [0.5, 0.6) is 0 Å². The number of carbonyl (C=O) groups is 2. The SMILES string of the molecule is C[C@H]1[C@H]2OC(=O)[C@@H]1[C@]1(C)C(=O)C=C3[C@@](C)([C@H]1[C@H]2O)[C@H](O)[C@@H](O)[C@H]1O[C@@]31C. The van der Waals surface area contributed by atoms with E-state index in [0.717, 1.165) is 0 Å². The molecule has 7 nitrogen and oxygen atoms in total. The van der Waals surface area contributed by atoms with Crippen molar-refractivity contribution in [1.82, 2.24) is 0 Å². The molecule has 0 aromatic heterocycles. The number of aliphatic hydroxyl groups excluding tert-OH is 3. The molecule has 2 heterocycles. The van der Waals surface area contributed by atoms with Crippen molar-refractivity contribution in [1.29, 1.82) is 0 Å². The molecular formula is C19H24O7. The number of ketones is 1. The van der Waals surface area contributed by atoms with Crippen LogP contribution in [0.2, 0.25) is 0 Å². The van der Waals surface area contributed by atoms with Crippen molar-refractivity contribution in [2.75, 3.05) is 0 Å². The molecule has 0 aromatic rings. The van der Waals surface area contributed by atoms with Gasteiger partial charge in [-0.05, 0) is 18.6 Å². The van der Waals surface area contributed by atoms with Crippen molar-refractivity contribution in [2.24, 2.45) is 28.6 Å². The van der Waals surface area contributed by atoms with Gasteiger partial charge in [0.1, 0.15) is 23.9 Å². The maximum atomic E-state index is 13.3. The molecule has 4 fully saturated rings. The highest BCUT2D eigenvalue weighted by atomic mass is 16.6. The Hall–Kier alpha value is -1.28. The summed E-state index contributed by atoms with van der Waals surface area (Å²) < 4.78 is 11.1. The predicted octanol–water partition coefficient (Wildman–Crippen LogP) is -0.431. The first-order valence-corrected chi connectivity index (χ1v) is 9.20. The van der Waals surface area contributed by atoms with Gasteiger partial charge in [0, 0.05) is 17.3 Å². The molecule has 0 aromatic carbocycles. The van der Waals surface area contributed by atoms with Crippen molar-refractivity contribution in [2.45, 2.75) is 63.8 Å². The number of rotatable bonds is 0. The Kier molecular flexibility index (Phi) is 2.86. The van der Waals surface area contributed by atoms with Crippen LogP contribution in [0.15, 0.2) is 11.6 Å². The number of allylic oxidation sites excluding steroid dienone is 1. The van der Waals surface area contributed by atoms with Crippen molar-refractivity contribution in [3.63, 3.8) is 0 Å². The summed E-state index contributed by atoms with van der Waals surface area (Å²) in [6, 6.07) is 0. The Morgan fingerprint density at radius 2 is 1.69 bits per heavy atom. The first-order chi connectivity index (χ1) is 12.0. The maximum Gasteiger partial charge on any atom is 0.310 e. The Balaban J connectivity index is 1.78. The zero-order valence-electron chi connectivity index (χ0n) is 15.2. The van der Waals surface area contributed by atoms with Crippen LogP contribution < -0.4 is 0 Å². The molecule has 2 saturated carbocycles. The number of epoxide rings is 1. The molecule has 26 heavy (non-hydrogen) atoms. The molecule has 5 aliphatic rings. The zero-order valence-corrected chi connectivity index (χ0v) is 15.2. The molecule has 0 radical (unpaired) electrons. The predicted molar refractivity (Wildman–Crippen MR) is 86.6 cm³/mol. The van der Waals surface area contributed by atoms with Crippen molar-refractivity contribution < 1.29 is 34.4 Å². The number of esters is 1. The Labute approximate surface area is 151 Å². The molecule has 5 rings (SSSR count). The molecule has 2 saturated heterocycles. The van der Waals surface area contributed by atoms with E-state index in [0.29, 0.717) is 5.57 Å². The van der Waals surface area contributed by atoms with Gasteiger partial charge < -0.3 is 24.8 Å². The summed E-state index contributed by atoms with van der Waals surface area (Å²) in [6.07, 6.45) is -3.26. The first-order valence-electron chi connectivity index (χ1n) is 9.20. The molecule has 0 spiro atoms. The fourth-order valence-corrected chi connectivity index (χ4v) is 6.91. The van der Waals surface area contributed by atoms with Gasteiger partial charge in [-0.25, -0.2) is 0 Å². The largest absolute Gasteiger partial charge is 0.459 e. The molecule has 0 amide bonds. The summed E-state index contributed by atoms with van der Waals surface area (Å²) in [4.78, 5) is 25.8. The highest BCUT2D eigenvalue weighted by Gasteiger charge is 2.79. The lowest BCUT2D eigenvalue weighted by Crippen LogP contribution is -2.70. The van der Waals surface area contributed by atoms with Crippen LogP contribution >= 0.6 is 0 Å². The number of hydrogen-bond donors (Lipinski definition) is 3. The third kappa shape index (κ3) is 1.46. The first kappa shape index (κ1) is 16.9. The van der Waals surface area contributed by atoms with E-state index in [1.54, 1.807) is 20.8 Å². The van der Waals surface area contributed by atoms with Gasteiger partial charge in [-0.1, -0.05) is 20.8 Å². The Morgan fingerprint density at radius 1 is 1.04 bits per heavy atom. The third-order valence-electron chi connectivity index (χ3n) is 8.19. The van der Waals surface area contributed by atoms with Crippen molar-refractivity contribution in [3.05, 3.63) is 11.6 Å². The van der Waals surface area contributed by atoms with Gasteiger partial charge in [-0.15, -0.1) is 0 Å². The number of aliphatic hydroxyl groups is 3. The molecule has 2 aliphatic heterocycles. The molecule has 0 unspecified atom stereocenters. The number of ether oxygens (including phenoxy) is 2. The van der Waals surface area contributed by atoms with Crippen LogP contribution in [-0.2, 0) is 19.1 Å². The van der Waals surface area contributed by atoms with Crippen LogP contribution in [-0.4, -0.2) is 63.2 Å². The monoisotopic (exact) mass is 364 g/mol. The van der Waals surface area contributed by atoms with E-state index in [1.165, 1.54) is 6.08 Å². The number of carbonyl (C=O) groups excluding carboxylic acids is 2. The summed E-state index contributed by atoms with van der Waals surface area (Å²) in [5.41, 5.74) is -2.55. The summed E-state index contributed by atoms with van der Waals surface area (Å²) in [5, 5.41) is 32.7. The molecule has 11 atom stereocenters. The van der Waals surface area contributed by atoms with E-state index < -0.39 is 64.8 Å². The summed E-state index contributed by atoms with van der Waals surface area (Å²) >= 11 is 0. The van der Waals surface area contributed by atoms with E-state index in [1.807, 2.05) is 6.92 Å². The van der Waals surface area contributed by atoms with Crippen LogP contribution in [0.1, 0.15) is 27.7 Å². The fourth-order valence-electron chi connectivity index (χ4n) is 6.91.